The lowest BCUT2D eigenvalue weighted by atomic mass is 9.82. The molecule has 1 aliphatic carbocycles. The highest BCUT2D eigenvalue weighted by Crippen LogP contribution is 2.31. The molecule has 1 saturated carbocycles. The molecule has 1 saturated heterocycles. The summed E-state index contributed by atoms with van der Waals surface area (Å²) in [7, 11) is 2.37. The molecule has 0 aromatic rings. The monoisotopic (exact) mass is 238 g/mol. The van der Waals surface area contributed by atoms with Crippen LogP contribution in [0.15, 0.2) is 0 Å². The maximum Gasteiger partial charge on any atom is 0.0246 e. The molecule has 0 amide bonds. The van der Waals surface area contributed by atoms with Crippen LogP contribution in [-0.4, -0.2) is 37.1 Å². The van der Waals surface area contributed by atoms with Gasteiger partial charge in [0.25, 0.3) is 0 Å². The average molecular weight is 238 g/mol. The van der Waals surface area contributed by atoms with Crippen LogP contribution in [0.2, 0.25) is 0 Å². The molecule has 0 radical (unpaired) electrons. The molecule has 1 heterocycles. The molecular formula is C15H30N2. The third kappa shape index (κ3) is 3.23. The molecule has 100 valence electrons. The lowest BCUT2D eigenvalue weighted by molar-refractivity contribution is 0.0755. The van der Waals surface area contributed by atoms with E-state index < -0.39 is 0 Å². The maximum atomic E-state index is 3.56. The second-order valence-electron chi connectivity index (χ2n) is 6.29. The first-order valence-corrected chi connectivity index (χ1v) is 7.65. The molecule has 2 unspecified atom stereocenters. The normalized spacial score (nSPS) is 39.5. The third-order valence-corrected chi connectivity index (χ3v) is 5.28. The van der Waals surface area contributed by atoms with Crippen LogP contribution in [-0.2, 0) is 0 Å². The Labute approximate surface area is 107 Å². The summed E-state index contributed by atoms with van der Waals surface area (Å²) in [5.41, 5.74) is 0. The smallest absolute Gasteiger partial charge is 0.0246 e. The van der Waals surface area contributed by atoms with E-state index in [0.717, 1.165) is 23.9 Å². The second kappa shape index (κ2) is 6.19. The SMILES string of the molecule is CCC1CCC(N(C)C2CNCCC2C)CC1. The fraction of sp³-hybridized carbons (Fsp3) is 1.00. The molecule has 0 bridgehead atoms. The molecule has 2 rings (SSSR count). The van der Waals surface area contributed by atoms with Gasteiger partial charge in [-0.3, -0.25) is 4.90 Å². The molecular weight excluding hydrogens is 208 g/mol. The first kappa shape index (κ1) is 13.4. The number of likely N-dealkylation sites (N-methyl/N-ethyl adjacent to an activating group) is 1. The van der Waals surface area contributed by atoms with Gasteiger partial charge in [0.2, 0.25) is 0 Å². The minimum Gasteiger partial charge on any atom is -0.315 e. The predicted octanol–water partition coefficient (Wildman–Crippen LogP) is 2.89. The van der Waals surface area contributed by atoms with E-state index >= 15 is 0 Å². The van der Waals surface area contributed by atoms with Crippen LogP contribution in [0, 0.1) is 11.8 Å². The summed E-state index contributed by atoms with van der Waals surface area (Å²) in [6.45, 7) is 7.20. The standard InChI is InChI=1S/C15H30N2/c1-4-13-5-7-14(8-6-13)17(3)15-11-16-10-9-12(15)2/h12-16H,4-11H2,1-3H3. The van der Waals surface area contributed by atoms with Crippen molar-refractivity contribution in [1.82, 2.24) is 10.2 Å². The summed E-state index contributed by atoms with van der Waals surface area (Å²) >= 11 is 0. The van der Waals surface area contributed by atoms with E-state index in [1.807, 2.05) is 0 Å². The first-order valence-electron chi connectivity index (χ1n) is 7.65. The van der Waals surface area contributed by atoms with E-state index in [1.165, 1.54) is 51.6 Å². The summed E-state index contributed by atoms with van der Waals surface area (Å²) in [5.74, 6) is 1.88. The number of nitrogens with zero attached hydrogens (tertiary/aromatic N) is 1. The van der Waals surface area contributed by atoms with Crippen molar-refractivity contribution in [3.05, 3.63) is 0 Å². The van der Waals surface area contributed by atoms with Crippen LogP contribution in [0.5, 0.6) is 0 Å². The van der Waals surface area contributed by atoms with Crippen LogP contribution in [0.3, 0.4) is 0 Å². The Balaban J connectivity index is 1.85. The number of hydrogen-bond donors (Lipinski definition) is 1. The van der Waals surface area contributed by atoms with Crippen LogP contribution in [0.25, 0.3) is 0 Å². The Morgan fingerprint density at radius 2 is 1.82 bits per heavy atom. The molecule has 2 heteroatoms. The summed E-state index contributed by atoms with van der Waals surface area (Å²) in [6, 6.07) is 1.62. The zero-order valence-corrected chi connectivity index (χ0v) is 11.9. The Bertz CT molecular complexity index is 221. The molecule has 2 nitrogen and oxygen atoms in total. The molecule has 1 aliphatic heterocycles. The fourth-order valence-corrected chi connectivity index (χ4v) is 3.75. The highest BCUT2D eigenvalue weighted by Gasteiger charge is 2.31. The highest BCUT2D eigenvalue weighted by molar-refractivity contribution is 4.87. The Morgan fingerprint density at radius 1 is 1.12 bits per heavy atom. The Morgan fingerprint density at radius 3 is 2.41 bits per heavy atom. The molecule has 0 spiro atoms. The van der Waals surface area contributed by atoms with Gasteiger partial charge in [0.1, 0.15) is 0 Å². The van der Waals surface area contributed by atoms with E-state index in [9.17, 15) is 0 Å². The Kier molecular flexibility index (Phi) is 4.87. The maximum absolute atomic E-state index is 3.56. The van der Waals surface area contributed by atoms with E-state index in [2.05, 4.69) is 31.1 Å². The van der Waals surface area contributed by atoms with E-state index in [0.29, 0.717) is 0 Å². The van der Waals surface area contributed by atoms with Gasteiger partial charge in [-0.1, -0.05) is 20.3 Å². The van der Waals surface area contributed by atoms with Crippen LogP contribution in [0.1, 0.15) is 52.4 Å². The third-order valence-electron chi connectivity index (χ3n) is 5.28. The lowest BCUT2D eigenvalue weighted by Gasteiger charge is -2.43. The zero-order valence-electron chi connectivity index (χ0n) is 11.9. The summed E-state index contributed by atoms with van der Waals surface area (Å²) in [4.78, 5) is 2.70. The topological polar surface area (TPSA) is 15.3 Å². The summed E-state index contributed by atoms with van der Waals surface area (Å²) in [6.07, 6.45) is 8.51. The lowest BCUT2D eigenvalue weighted by Crippen LogP contribution is -2.53. The van der Waals surface area contributed by atoms with Gasteiger partial charge >= 0.3 is 0 Å². The van der Waals surface area contributed by atoms with Crippen LogP contribution < -0.4 is 5.32 Å². The number of piperidine rings is 1. The van der Waals surface area contributed by atoms with Gasteiger partial charge in [-0.25, -0.2) is 0 Å². The number of hydrogen-bond acceptors (Lipinski definition) is 2. The second-order valence-corrected chi connectivity index (χ2v) is 6.29. The van der Waals surface area contributed by atoms with Crippen molar-refractivity contribution in [3.63, 3.8) is 0 Å². The molecule has 17 heavy (non-hydrogen) atoms. The predicted molar refractivity (Wildman–Crippen MR) is 74.2 cm³/mol. The van der Waals surface area contributed by atoms with Crippen molar-refractivity contribution in [2.45, 2.75) is 64.5 Å². The van der Waals surface area contributed by atoms with Gasteiger partial charge in [0, 0.05) is 18.6 Å². The number of rotatable bonds is 3. The molecule has 2 aliphatic rings. The fourth-order valence-electron chi connectivity index (χ4n) is 3.75. The van der Waals surface area contributed by atoms with Gasteiger partial charge in [0.05, 0.1) is 0 Å². The summed E-state index contributed by atoms with van der Waals surface area (Å²) in [5, 5.41) is 3.56. The van der Waals surface area contributed by atoms with Crippen molar-refractivity contribution in [2.75, 3.05) is 20.1 Å². The molecule has 0 aromatic carbocycles. The first-order chi connectivity index (χ1) is 8.22. The van der Waals surface area contributed by atoms with E-state index in [-0.39, 0.29) is 0 Å². The highest BCUT2D eigenvalue weighted by atomic mass is 15.2. The van der Waals surface area contributed by atoms with Crippen molar-refractivity contribution >= 4 is 0 Å². The van der Waals surface area contributed by atoms with Crippen LogP contribution >= 0.6 is 0 Å². The summed E-state index contributed by atoms with van der Waals surface area (Å²) < 4.78 is 0. The largest absolute Gasteiger partial charge is 0.315 e. The minimum absolute atomic E-state index is 0.770. The van der Waals surface area contributed by atoms with Crippen molar-refractivity contribution in [3.8, 4) is 0 Å². The molecule has 2 atom stereocenters. The quantitative estimate of drug-likeness (QED) is 0.813. The van der Waals surface area contributed by atoms with Crippen molar-refractivity contribution in [2.24, 2.45) is 11.8 Å². The van der Waals surface area contributed by atoms with E-state index in [1.54, 1.807) is 0 Å². The van der Waals surface area contributed by atoms with Gasteiger partial charge in [-0.05, 0) is 57.5 Å². The van der Waals surface area contributed by atoms with Gasteiger partial charge in [-0.2, -0.15) is 0 Å². The van der Waals surface area contributed by atoms with Crippen molar-refractivity contribution in [1.29, 1.82) is 0 Å². The van der Waals surface area contributed by atoms with Crippen molar-refractivity contribution < 1.29 is 0 Å². The van der Waals surface area contributed by atoms with Gasteiger partial charge in [-0.15, -0.1) is 0 Å². The Hall–Kier alpha value is -0.0800. The van der Waals surface area contributed by atoms with Crippen LogP contribution in [0.4, 0.5) is 0 Å². The number of nitrogens with one attached hydrogen (secondary N) is 1. The van der Waals surface area contributed by atoms with E-state index in [4.69, 9.17) is 0 Å². The zero-order chi connectivity index (χ0) is 12.3. The molecule has 1 N–H and O–H groups in total. The van der Waals surface area contributed by atoms with Gasteiger partial charge < -0.3 is 5.32 Å². The average Bonchev–Trinajstić information content (AvgIpc) is 2.39. The molecule has 0 aromatic heterocycles. The molecule has 2 fully saturated rings. The van der Waals surface area contributed by atoms with Gasteiger partial charge in [0.15, 0.2) is 0 Å². The minimum atomic E-state index is 0.770.